The van der Waals surface area contributed by atoms with Crippen molar-refractivity contribution in [2.24, 2.45) is 23.5 Å². The van der Waals surface area contributed by atoms with Gasteiger partial charge in [-0.1, -0.05) is 23.9 Å². The number of nitrogens with zero attached hydrogens (tertiary/aromatic N) is 4. The van der Waals surface area contributed by atoms with E-state index in [4.69, 9.17) is 10.3 Å². The predicted molar refractivity (Wildman–Crippen MR) is 120 cm³/mol. The Morgan fingerprint density at radius 2 is 2.03 bits per heavy atom. The zero-order valence-electron chi connectivity index (χ0n) is 18.2. The van der Waals surface area contributed by atoms with Gasteiger partial charge >= 0.3 is 0 Å². The normalized spacial score (nSPS) is 21.2. The number of carbonyl (C=O) groups excluding carboxylic acids is 1. The van der Waals surface area contributed by atoms with Crippen molar-refractivity contribution in [3.8, 4) is 23.2 Å². The van der Waals surface area contributed by atoms with Gasteiger partial charge in [-0.3, -0.25) is 4.79 Å². The van der Waals surface area contributed by atoms with Gasteiger partial charge in [0.1, 0.15) is 11.5 Å². The number of aryl methyl sites for hydroxylation is 1. The molecular formula is C25H27N5O2. The SMILES string of the molecule is CCc1nccn1Cc1cc(-c2ccc(C#CC3C4CN(C(=O)CCN)CC34)cc2)on1. The summed E-state index contributed by atoms with van der Waals surface area (Å²) in [6.07, 6.45) is 5.10. The molecule has 0 spiro atoms. The third-order valence-corrected chi connectivity index (χ3v) is 6.47. The summed E-state index contributed by atoms with van der Waals surface area (Å²) >= 11 is 0. The molecule has 0 radical (unpaired) electrons. The molecule has 2 aromatic heterocycles. The summed E-state index contributed by atoms with van der Waals surface area (Å²) in [5, 5.41) is 4.21. The van der Waals surface area contributed by atoms with E-state index in [0.717, 1.165) is 47.9 Å². The lowest BCUT2D eigenvalue weighted by atomic mass is 10.1. The number of benzene rings is 1. The maximum atomic E-state index is 11.9. The van der Waals surface area contributed by atoms with Gasteiger partial charge in [0.25, 0.3) is 0 Å². The molecule has 5 rings (SSSR count). The van der Waals surface area contributed by atoms with Gasteiger partial charge in [-0.25, -0.2) is 4.98 Å². The third kappa shape index (κ3) is 4.06. The van der Waals surface area contributed by atoms with Crippen LogP contribution >= 0.6 is 0 Å². The van der Waals surface area contributed by atoms with Crippen LogP contribution in [-0.2, 0) is 17.8 Å². The lowest BCUT2D eigenvalue weighted by Crippen LogP contribution is -2.32. The summed E-state index contributed by atoms with van der Waals surface area (Å²) in [6.45, 7) is 4.81. The van der Waals surface area contributed by atoms with Gasteiger partial charge in [-0.05, 0) is 36.1 Å². The highest BCUT2D eigenvalue weighted by Crippen LogP contribution is 2.51. The van der Waals surface area contributed by atoms with Crippen molar-refractivity contribution in [3.05, 3.63) is 59.8 Å². The van der Waals surface area contributed by atoms with Crippen LogP contribution in [0.2, 0.25) is 0 Å². The van der Waals surface area contributed by atoms with Crippen molar-refractivity contribution in [1.29, 1.82) is 0 Å². The van der Waals surface area contributed by atoms with Crippen molar-refractivity contribution >= 4 is 5.91 Å². The highest BCUT2D eigenvalue weighted by atomic mass is 16.5. The molecule has 3 heterocycles. The quantitative estimate of drug-likeness (QED) is 0.608. The highest BCUT2D eigenvalue weighted by Gasteiger charge is 2.55. The Hall–Kier alpha value is -3.37. The topological polar surface area (TPSA) is 90.2 Å². The molecule has 3 aromatic rings. The van der Waals surface area contributed by atoms with Crippen LogP contribution in [0.3, 0.4) is 0 Å². The van der Waals surface area contributed by atoms with E-state index in [1.165, 1.54) is 0 Å². The molecule has 2 aliphatic rings. The van der Waals surface area contributed by atoms with Crippen LogP contribution in [0.4, 0.5) is 0 Å². The predicted octanol–water partition coefficient (Wildman–Crippen LogP) is 2.55. The molecular weight excluding hydrogens is 402 g/mol. The number of aromatic nitrogens is 3. The number of rotatable bonds is 6. The fraction of sp³-hybridized carbons (Fsp3) is 0.400. The zero-order chi connectivity index (χ0) is 22.1. The van der Waals surface area contributed by atoms with Crippen LogP contribution in [0, 0.1) is 29.6 Å². The number of hydrogen-bond donors (Lipinski definition) is 1. The first-order chi connectivity index (χ1) is 15.7. The summed E-state index contributed by atoms with van der Waals surface area (Å²) < 4.78 is 7.64. The monoisotopic (exact) mass is 429 g/mol. The second-order valence-electron chi connectivity index (χ2n) is 8.55. The van der Waals surface area contributed by atoms with Crippen molar-refractivity contribution in [1.82, 2.24) is 19.6 Å². The fourth-order valence-electron chi connectivity index (χ4n) is 4.61. The fourth-order valence-corrected chi connectivity index (χ4v) is 4.61. The number of hydrogen-bond acceptors (Lipinski definition) is 5. The van der Waals surface area contributed by atoms with E-state index in [1.807, 2.05) is 47.6 Å². The molecule has 164 valence electrons. The average Bonchev–Trinajstić information content (AvgIpc) is 3.29. The lowest BCUT2D eigenvalue weighted by molar-refractivity contribution is -0.130. The van der Waals surface area contributed by atoms with Gasteiger partial charge in [0.2, 0.25) is 5.91 Å². The number of fused-ring (bicyclic) bond motifs is 1. The molecule has 2 atom stereocenters. The molecule has 1 aliphatic carbocycles. The van der Waals surface area contributed by atoms with Crippen LogP contribution in [0.5, 0.6) is 0 Å². The molecule has 2 unspecified atom stereocenters. The first-order valence-electron chi connectivity index (χ1n) is 11.2. The lowest BCUT2D eigenvalue weighted by Gasteiger charge is -2.18. The minimum atomic E-state index is 0.174. The molecule has 32 heavy (non-hydrogen) atoms. The minimum Gasteiger partial charge on any atom is -0.356 e. The Morgan fingerprint density at radius 1 is 1.25 bits per heavy atom. The van der Waals surface area contributed by atoms with E-state index in [-0.39, 0.29) is 5.91 Å². The van der Waals surface area contributed by atoms with E-state index >= 15 is 0 Å². The molecule has 1 saturated heterocycles. The van der Waals surface area contributed by atoms with Crippen molar-refractivity contribution in [2.75, 3.05) is 19.6 Å². The molecule has 7 nitrogen and oxygen atoms in total. The van der Waals surface area contributed by atoms with Crippen LogP contribution in [0.1, 0.15) is 30.4 Å². The highest BCUT2D eigenvalue weighted by molar-refractivity contribution is 5.77. The summed E-state index contributed by atoms with van der Waals surface area (Å²) in [5.74, 6) is 10.1. The van der Waals surface area contributed by atoms with Gasteiger partial charge in [-0.2, -0.15) is 0 Å². The maximum absolute atomic E-state index is 11.9. The number of carbonyl (C=O) groups is 1. The standard InChI is InChI=1S/C25H27N5O2/c1-2-24-27-11-12-29(24)14-19-13-23(32-28-19)18-6-3-17(4-7-18)5-8-20-21-15-30(16-22(20)21)25(31)9-10-26/h3-4,6-7,11-13,20-22H,2,9-10,14-16,26H2,1H3. The number of amides is 1. The summed E-state index contributed by atoms with van der Waals surface area (Å²) in [6, 6.07) is 10.0. The maximum Gasteiger partial charge on any atom is 0.223 e. The first-order valence-corrected chi connectivity index (χ1v) is 11.2. The molecule has 2 fully saturated rings. The van der Waals surface area contributed by atoms with Crippen molar-refractivity contribution in [2.45, 2.75) is 26.3 Å². The van der Waals surface area contributed by atoms with E-state index in [9.17, 15) is 4.79 Å². The van der Waals surface area contributed by atoms with Crippen molar-refractivity contribution in [3.63, 3.8) is 0 Å². The second kappa shape index (κ2) is 8.64. The van der Waals surface area contributed by atoms with E-state index < -0.39 is 0 Å². The Labute approximate surface area is 187 Å². The first kappa shape index (κ1) is 20.5. The summed E-state index contributed by atoms with van der Waals surface area (Å²) in [4.78, 5) is 18.2. The van der Waals surface area contributed by atoms with Gasteiger partial charge < -0.3 is 19.7 Å². The molecule has 7 heteroatoms. The molecule has 0 bridgehead atoms. The van der Waals surface area contributed by atoms with Crippen molar-refractivity contribution < 1.29 is 9.32 Å². The van der Waals surface area contributed by atoms with Crippen LogP contribution in [-0.4, -0.2) is 45.1 Å². The number of piperidine rings is 1. The van der Waals surface area contributed by atoms with Crippen LogP contribution in [0.15, 0.2) is 47.2 Å². The molecule has 1 amide bonds. The van der Waals surface area contributed by atoms with Gasteiger partial charge in [-0.15, -0.1) is 0 Å². The van der Waals surface area contributed by atoms with Crippen LogP contribution < -0.4 is 5.73 Å². The summed E-state index contributed by atoms with van der Waals surface area (Å²) in [7, 11) is 0. The second-order valence-corrected chi connectivity index (χ2v) is 8.55. The largest absolute Gasteiger partial charge is 0.356 e. The number of imidazole rings is 1. The average molecular weight is 430 g/mol. The Kier molecular flexibility index (Phi) is 5.54. The number of nitrogens with two attached hydrogens (primary N) is 1. The van der Waals surface area contributed by atoms with E-state index in [1.54, 1.807) is 0 Å². The van der Waals surface area contributed by atoms with Gasteiger partial charge in [0.15, 0.2) is 5.76 Å². The van der Waals surface area contributed by atoms with Gasteiger partial charge in [0, 0.05) is 68.0 Å². The molecule has 2 N–H and O–H groups in total. The third-order valence-electron chi connectivity index (χ3n) is 6.47. The molecule has 1 saturated carbocycles. The molecule has 1 aliphatic heterocycles. The van der Waals surface area contributed by atoms with Gasteiger partial charge in [0.05, 0.1) is 6.54 Å². The minimum absolute atomic E-state index is 0.174. The molecule has 1 aromatic carbocycles. The zero-order valence-corrected chi connectivity index (χ0v) is 18.2. The van der Waals surface area contributed by atoms with E-state index in [0.29, 0.717) is 37.3 Å². The van der Waals surface area contributed by atoms with Crippen LogP contribution in [0.25, 0.3) is 11.3 Å². The van der Waals surface area contributed by atoms with E-state index in [2.05, 4.69) is 33.5 Å². The Bertz CT molecular complexity index is 1150. The Morgan fingerprint density at radius 3 is 2.75 bits per heavy atom. The Balaban J connectivity index is 1.18. The number of likely N-dealkylation sites (tertiary alicyclic amines) is 1. The summed E-state index contributed by atoms with van der Waals surface area (Å²) in [5.41, 5.74) is 8.32. The smallest absolute Gasteiger partial charge is 0.223 e.